The Morgan fingerprint density at radius 2 is 2.00 bits per heavy atom. The zero-order valence-electron chi connectivity index (χ0n) is 19.9. The van der Waals surface area contributed by atoms with Crippen molar-refractivity contribution in [3.63, 3.8) is 0 Å². The van der Waals surface area contributed by atoms with Gasteiger partial charge in [0, 0.05) is 18.3 Å². The van der Waals surface area contributed by atoms with Gasteiger partial charge in [-0.3, -0.25) is 9.59 Å². The second-order valence-corrected chi connectivity index (χ2v) is 8.83. The van der Waals surface area contributed by atoms with Crippen LogP contribution in [0.3, 0.4) is 0 Å². The predicted octanol–water partition coefficient (Wildman–Crippen LogP) is 4.45. The minimum atomic E-state index is -0.723. The third-order valence-electron chi connectivity index (χ3n) is 6.54. The molecule has 1 heterocycles. The van der Waals surface area contributed by atoms with Crippen LogP contribution in [0.25, 0.3) is 0 Å². The number of ether oxygens (including phenoxy) is 1. The molecule has 1 aromatic heterocycles. The molecule has 0 unspecified atom stereocenters. The molecule has 1 amide bonds. The number of methoxy groups -OCH3 is 1. The average Bonchev–Trinajstić information content (AvgIpc) is 2.86. The fourth-order valence-electron chi connectivity index (χ4n) is 4.44. The fraction of sp³-hybridized carbons (Fsp3) is 0.462. The van der Waals surface area contributed by atoms with Crippen LogP contribution >= 0.6 is 0 Å². The summed E-state index contributed by atoms with van der Waals surface area (Å²) in [4.78, 5) is 28.3. The molecule has 0 saturated heterocycles. The molecule has 1 aliphatic rings. The molecule has 2 aromatic rings. The molecule has 3 rings (SSSR count). The van der Waals surface area contributed by atoms with Crippen molar-refractivity contribution >= 4 is 17.7 Å². The highest BCUT2D eigenvalue weighted by Gasteiger charge is 2.26. The van der Waals surface area contributed by atoms with Crippen molar-refractivity contribution in [3.8, 4) is 11.8 Å². The number of nitrogens with one attached hydrogen (secondary N) is 2. The maximum atomic E-state index is 12.7. The number of benzene rings is 1. The zero-order valence-corrected chi connectivity index (χ0v) is 19.9. The summed E-state index contributed by atoms with van der Waals surface area (Å²) < 4.78 is 5.49. The molecule has 1 aliphatic carbocycles. The van der Waals surface area contributed by atoms with Gasteiger partial charge in [-0.05, 0) is 74.8 Å². The first-order valence-corrected chi connectivity index (χ1v) is 11.7. The lowest BCUT2D eigenvalue weighted by Crippen LogP contribution is -2.32. The molecule has 1 saturated carbocycles. The number of aliphatic carboxylic acids is 1. The molecule has 0 spiro atoms. The van der Waals surface area contributed by atoms with Gasteiger partial charge >= 0.3 is 5.97 Å². The maximum Gasteiger partial charge on any atom is 0.306 e. The van der Waals surface area contributed by atoms with Crippen LogP contribution in [0.4, 0.5) is 5.82 Å². The van der Waals surface area contributed by atoms with Crippen LogP contribution in [0.5, 0.6) is 5.75 Å². The Morgan fingerprint density at radius 1 is 1.26 bits per heavy atom. The zero-order chi connectivity index (χ0) is 24.7. The first-order valence-electron chi connectivity index (χ1n) is 11.7. The van der Waals surface area contributed by atoms with E-state index in [1.807, 2.05) is 26.0 Å². The van der Waals surface area contributed by atoms with Crippen molar-refractivity contribution in [2.45, 2.75) is 52.0 Å². The molecule has 3 N–H and O–H groups in total. The minimum Gasteiger partial charge on any atom is -0.496 e. The van der Waals surface area contributed by atoms with E-state index in [1.165, 1.54) is 0 Å². The lowest BCUT2D eigenvalue weighted by Gasteiger charge is -2.26. The topological polar surface area (TPSA) is 124 Å². The van der Waals surface area contributed by atoms with E-state index in [-0.39, 0.29) is 17.9 Å². The summed E-state index contributed by atoms with van der Waals surface area (Å²) in [6.45, 7) is 4.48. The molecule has 1 fully saturated rings. The van der Waals surface area contributed by atoms with Gasteiger partial charge in [0.1, 0.15) is 11.6 Å². The highest BCUT2D eigenvalue weighted by Crippen LogP contribution is 2.32. The number of rotatable bonds is 9. The van der Waals surface area contributed by atoms with Crippen molar-refractivity contribution in [3.05, 3.63) is 52.7 Å². The molecule has 180 valence electrons. The van der Waals surface area contributed by atoms with Crippen LogP contribution in [0.1, 0.15) is 72.1 Å². The summed E-state index contributed by atoms with van der Waals surface area (Å²) in [5.41, 5.74) is 2.76. The van der Waals surface area contributed by atoms with Crippen LogP contribution in [0.15, 0.2) is 30.5 Å². The molecule has 8 nitrogen and oxygen atoms in total. The number of hydrogen-bond donors (Lipinski definition) is 3. The largest absolute Gasteiger partial charge is 0.496 e. The Hall–Kier alpha value is -3.60. The molecular weight excluding hydrogens is 432 g/mol. The van der Waals surface area contributed by atoms with Crippen LogP contribution < -0.4 is 15.4 Å². The van der Waals surface area contributed by atoms with Gasteiger partial charge in [-0.2, -0.15) is 5.26 Å². The number of carbonyl (C=O) groups excluding carboxylic acids is 1. The molecule has 1 aromatic carbocycles. The van der Waals surface area contributed by atoms with Crippen molar-refractivity contribution < 1.29 is 19.4 Å². The van der Waals surface area contributed by atoms with Gasteiger partial charge in [0.15, 0.2) is 0 Å². The van der Waals surface area contributed by atoms with E-state index in [0.29, 0.717) is 48.0 Å². The van der Waals surface area contributed by atoms with Crippen LogP contribution in [0, 0.1) is 30.1 Å². The molecule has 8 heteroatoms. The predicted molar refractivity (Wildman–Crippen MR) is 129 cm³/mol. The second kappa shape index (κ2) is 11.5. The lowest BCUT2D eigenvalue weighted by molar-refractivity contribution is -0.143. The third kappa shape index (κ3) is 6.04. The second-order valence-electron chi connectivity index (χ2n) is 8.83. The first kappa shape index (κ1) is 25.0. The Morgan fingerprint density at radius 3 is 2.59 bits per heavy atom. The average molecular weight is 465 g/mol. The highest BCUT2D eigenvalue weighted by molar-refractivity contribution is 5.94. The van der Waals surface area contributed by atoms with Gasteiger partial charge in [-0.25, -0.2) is 4.98 Å². The number of amides is 1. The molecule has 0 bridgehead atoms. The Kier molecular flexibility index (Phi) is 8.47. The van der Waals surface area contributed by atoms with Gasteiger partial charge in [0.25, 0.3) is 5.91 Å². The van der Waals surface area contributed by atoms with Gasteiger partial charge in [-0.1, -0.05) is 6.92 Å². The number of nitriles is 1. The summed E-state index contributed by atoms with van der Waals surface area (Å²) in [6.07, 6.45) is 5.26. The number of carbonyl (C=O) groups is 2. The number of carboxylic acids is 1. The summed E-state index contributed by atoms with van der Waals surface area (Å²) in [5, 5.41) is 24.8. The number of carboxylic acid groups (broad SMARTS) is 1. The van der Waals surface area contributed by atoms with Crippen molar-refractivity contribution in [1.29, 1.82) is 5.26 Å². The van der Waals surface area contributed by atoms with E-state index in [9.17, 15) is 14.9 Å². The van der Waals surface area contributed by atoms with Gasteiger partial charge in [-0.15, -0.1) is 0 Å². The molecule has 0 aliphatic heterocycles. The quantitative estimate of drug-likeness (QED) is 0.500. The number of pyridine rings is 1. The molecule has 0 radical (unpaired) electrons. The van der Waals surface area contributed by atoms with Crippen molar-refractivity contribution in [1.82, 2.24) is 10.3 Å². The normalized spacial score (nSPS) is 18.4. The maximum absolute atomic E-state index is 12.7. The smallest absolute Gasteiger partial charge is 0.306 e. The van der Waals surface area contributed by atoms with E-state index < -0.39 is 5.97 Å². The van der Waals surface area contributed by atoms with Gasteiger partial charge < -0.3 is 20.5 Å². The fourth-order valence-corrected chi connectivity index (χ4v) is 4.44. The summed E-state index contributed by atoms with van der Waals surface area (Å²) >= 11 is 0. The van der Waals surface area contributed by atoms with Crippen LogP contribution in [-0.2, 0) is 4.79 Å². The Bertz CT molecular complexity index is 1070. The molecular formula is C26H32N4O4. The molecule has 1 atom stereocenters. The van der Waals surface area contributed by atoms with Crippen molar-refractivity contribution in [2.75, 3.05) is 19.0 Å². The van der Waals surface area contributed by atoms with Crippen molar-refractivity contribution in [2.24, 2.45) is 11.8 Å². The van der Waals surface area contributed by atoms with Gasteiger partial charge in [0.05, 0.1) is 36.3 Å². The SMILES string of the molecule is CC[C@@H](Nc1ncc(C(=O)NCC2CCC(C(=O)O)CC2)cc1C)c1cc(C#N)ccc1OC. The Labute approximate surface area is 200 Å². The Balaban J connectivity index is 1.64. The monoisotopic (exact) mass is 464 g/mol. The minimum absolute atomic E-state index is 0.116. The number of aryl methyl sites for hydroxylation is 1. The number of aromatic nitrogens is 1. The summed E-state index contributed by atoms with van der Waals surface area (Å²) in [5.74, 6) is 0.508. The summed E-state index contributed by atoms with van der Waals surface area (Å²) in [6, 6.07) is 9.20. The number of hydrogen-bond acceptors (Lipinski definition) is 6. The standard InChI is InChI=1S/C26H32N4O4/c1-4-22(21-12-18(13-27)7-10-23(21)34-3)30-24-16(2)11-20(15-28-24)25(31)29-14-17-5-8-19(9-6-17)26(32)33/h7,10-12,15,17,19,22H,4-6,8-9,14H2,1-3H3,(H,28,30)(H,29,31)(H,32,33)/t17?,19?,22-/m1/s1. The number of nitrogens with zero attached hydrogens (tertiary/aromatic N) is 2. The third-order valence-corrected chi connectivity index (χ3v) is 6.54. The first-order chi connectivity index (χ1) is 16.4. The van der Waals surface area contributed by atoms with E-state index in [2.05, 4.69) is 21.7 Å². The summed E-state index contributed by atoms with van der Waals surface area (Å²) in [7, 11) is 1.60. The van der Waals surface area contributed by atoms with E-state index in [4.69, 9.17) is 9.84 Å². The lowest BCUT2D eigenvalue weighted by atomic mass is 9.82. The number of anilines is 1. The van der Waals surface area contributed by atoms with Gasteiger partial charge in [0.2, 0.25) is 0 Å². The van der Waals surface area contributed by atoms with E-state index in [0.717, 1.165) is 30.4 Å². The van der Waals surface area contributed by atoms with E-state index in [1.54, 1.807) is 25.4 Å². The highest BCUT2D eigenvalue weighted by atomic mass is 16.5. The van der Waals surface area contributed by atoms with Crippen LogP contribution in [-0.4, -0.2) is 35.6 Å². The molecule has 34 heavy (non-hydrogen) atoms. The van der Waals surface area contributed by atoms with Crippen LogP contribution in [0.2, 0.25) is 0 Å². The van der Waals surface area contributed by atoms with E-state index >= 15 is 0 Å².